The fourth-order valence-electron chi connectivity index (χ4n) is 1.77. The third-order valence-electron chi connectivity index (χ3n) is 2.65. The van der Waals surface area contributed by atoms with E-state index in [2.05, 4.69) is 10.3 Å². The number of fused-ring (bicyclic) bond motifs is 1. The molecule has 0 unspecified atom stereocenters. The zero-order valence-electron chi connectivity index (χ0n) is 9.76. The summed E-state index contributed by atoms with van der Waals surface area (Å²) in [6.45, 7) is 0. The highest BCUT2D eigenvalue weighted by atomic mass is 35.5. The number of amides is 1. The van der Waals surface area contributed by atoms with E-state index in [-0.39, 0.29) is 16.9 Å². The summed E-state index contributed by atoms with van der Waals surface area (Å²) in [6.07, 6.45) is 1.60. The van der Waals surface area contributed by atoms with Gasteiger partial charge < -0.3 is 9.73 Å². The molecule has 0 radical (unpaired) electrons. The first-order valence-electron chi connectivity index (χ1n) is 5.64. The third kappa shape index (κ3) is 2.44. The molecule has 0 aliphatic rings. The summed E-state index contributed by atoms with van der Waals surface area (Å²) >= 11 is 5.63. The van der Waals surface area contributed by atoms with E-state index in [4.69, 9.17) is 16.0 Å². The third-order valence-corrected chi connectivity index (χ3v) is 2.85. The molecule has 3 rings (SSSR count). The molecule has 3 aromatic rings. The fourth-order valence-corrected chi connectivity index (χ4v) is 1.91. The van der Waals surface area contributed by atoms with Gasteiger partial charge in [-0.25, -0.2) is 0 Å². The summed E-state index contributed by atoms with van der Waals surface area (Å²) in [5, 5.41) is 3.85. The lowest BCUT2D eigenvalue weighted by Gasteiger charge is -2.04. The van der Waals surface area contributed by atoms with Gasteiger partial charge in [0.25, 0.3) is 5.91 Å². The summed E-state index contributed by atoms with van der Waals surface area (Å²) in [7, 11) is 0. The summed E-state index contributed by atoms with van der Waals surface area (Å²) in [4.78, 5) is 16.1. The van der Waals surface area contributed by atoms with Crippen molar-refractivity contribution in [3.8, 4) is 0 Å². The fraction of sp³-hybridized carbons (Fsp3) is 0. The van der Waals surface area contributed by atoms with E-state index >= 15 is 0 Å². The van der Waals surface area contributed by atoms with E-state index in [1.165, 1.54) is 12.1 Å². The molecule has 0 aliphatic heterocycles. The van der Waals surface area contributed by atoms with E-state index in [1.54, 1.807) is 6.20 Å². The number of hydrogen-bond acceptors (Lipinski definition) is 3. The van der Waals surface area contributed by atoms with Crippen LogP contribution >= 0.6 is 11.6 Å². The normalized spacial score (nSPS) is 10.6. The lowest BCUT2D eigenvalue weighted by atomic mass is 10.2. The van der Waals surface area contributed by atoms with Gasteiger partial charge in [0.15, 0.2) is 11.0 Å². The number of rotatable bonds is 2. The topological polar surface area (TPSA) is 55.1 Å². The highest BCUT2D eigenvalue weighted by Gasteiger charge is 2.11. The summed E-state index contributed by atoms with van der Waals surface area (Å²) in [5.41, 5.74) is 1.48. The molecule has 94 valence electrons. The zero-order chi connectivity index (χ0) is 13.2. The molecule has 5 heteroatoms. The van der Waals surface area contributed by atoms with Gasteiger partial charge in [0.1, 0.15) is 0 Å². The van der Waals surface area contributed by atoms with Gasteiger partial charge in [-0.15, -0.1) is 0 Å². The molecular weight excluding hydrogens is 264 g/mol. The lowest BCUT2D eigenvalue weighted by Crippen LogP contribution is -2.10. The smallest absolute Gasteiger partial charge is 0.291 e. The van der Waals surface area contributed by atoms with Gasteiger partial charge in [-0.2, -0.15) is 0 Å². The van der Waals surface area contributed by atoms with E-state index in [9.17, 15) is 4.79 Å². The van der Waals surface area contributed by atoms with Crippen molar-refractivity contribution in [2.75, 3.05) is 5.32 Å². The number of halogens is 1. The maximum Gasteiger partial charge on any atom is 0.291 e. The van der Waals surface area contributed by atoms with Gasteiger partial charge in [0, 0.05) is 5.39 Å². The van der Waals surface area contributed by atoms with Crippen molar-refractivity contribution in [1.82, 2.24) is 4.98 Å². The molecule has 0 bridgehead atoms. The van der Waals surface area contributed by atoms with Gasteiger partial charge in [0.2, 0.25) is 0 Å². The van der Waals surface area contributed by atoms with Crippen LogP contribution in [0.4, 0.5) is 5.69 Å². The molecular formula is C14H9ClN2O2. The first-order valence-corrected chi connectivity index (χ1v) is 6.02. The molecule has 0 spiro atoms. The van der Waals surface area contributed by atoms with Crippen LogP contribution < -0.4 is 5.32 Å². The van der Waals surface area contributed by atoms with E-state index in [0.29, 0.717) is 5.69 Å². The Morgan fingerprint density at radius 3 is 2.84 bits per heavy atom. The Labute approximate surface area is 114 Å². The molecule has 1 amide bonds. The van der Waals surface area contributed by atoms with Gasteiger partial charge in [-0.05, 0) is 35.9 Å². The minimum absolute atomic E-state index is 0.165. The SMILES string of the molecule is O=C(Nc1cnc2ccccc2c1)c1ccc(Cl)o1. The summed E-state index contributed by atoms with van der Waals surface area (Å²) < 4.78 is 5.04. The number of pyridine rings is 1. The molecule has 0 saturated heterocycles. The van der Waals surface area contributed by atoms with Crippen LogP contribution in [-0.2, 0) is 0 Å². The number of furan rings is 1. The predicted molar refractivity (Wildman–Crippen MR) is 73.4 cm³/mol. The second kappa shape index (κ2) is 4.74. The maximum atomic E-state index is 11.9. The summed E-state index contributed by atoms with van der Waals surface area (Å²) in [6, 6.07) is 12.6. The largest absolute Gasteiger partial charge is 0.440 e. The number of carbonyl (C=O) groups excluding carboxylic acids is 1. The lowest BCUT2D eigenvalue weighted by molar-refractivity contribution is 0.0997. The standard InChI is InChI=1S/C14H9ClN2O2/c15-13-6-5-12(19-13)14(18)17-10-7-9-3-1-2-4-11(9)16-8-10/h1-8H,(H,17,18). The van der Waals surface area contributed by atoms with Crippen LogP contribution in [0.3, 0.4) is 0 Å². The van der Waals surface area contributed by atoms with Crippen molar-refractivity contribution in [2.24, 2.45) is 0 Å². The van der Waals surface area contributed by atoms with Gasteiger partial charge >= 0.3 is 0 Å². The Bertz CT molecular complexity index is 752. The van der Waals surface area contributed by atoms with E-state index in [1.807, 2.05) is 30.3 Å². The highest BCUT2D eigenvalue weighted by Crippen LogP contribution is 2.18. The Morgan fingerprint density at radius 2 is 2.05 bits per heavy atom. The van der Waals surface area contributed by atoms with Crippen molar-refractivity contribution in [1.29, 1.82) is 0 Å². The first-order chi connectivity index (χ1) is 9.22. The molecule has 4 nitrogen and oxygen atoms in total. The van der Waals surface area contributed by atoms with Crippen LogP contribution in [-0.4, -0.2) is 10.9 Å². The summed E-state index contributed by atoms with van der Waals surface area (Å²) in [5.74, 6) is -0.192. The molecule has 0 saturated carbocycles. The van der Waals surface area contributed by atoms with Crippen molar-refractivity contribution in [3.05, 3.63) is 59.6 Å². The number of nitrogens with zero attached hydrogens (tertiary/aromatic N) is 1. The average molecular weight is 273 g/mol. The Morgan fingerprint density at radius 1 is 1.21 bits per heavy atom. The molecule has 0 fully saturated rings. The number of benzene rings is 1. The van der Waals surface area contributed by atoms with Gasteiger partial charge in [-0.3, -0.25) is 9.78 Å². The molecule has 0 aliphatic carbocycles. The second-order valence-electron chi connectivity index (χ2n) is 3.97. The van der Waals surface area contributed by atoms with Crippen molar-refractivity contribution in [2.45, 2.75) is 0 Å². The number of carbonyl (C=O) groups is 1. The molecule has 2 aromatic heterocycles. The zero-order valence-corrected chi connectivity index (χ0v) is 10.5. The Kier molecular flexibility index (Phi) is 2.93. The second-order valence-corrected chi connectivity index (χ2v) is 4.35. The Hall–Kier alpha value is -2.33. The predicted octanol–water partition coefficient (Wildman–Crippen LogP) is 3.73. The molecule has 19 heavy (non-hydrogen) atoms. The number of nitrogens with one attached hydrogen (secondary N) is 1. The number of hydrogen-bond donors (Lipinski definition) is 1. The number of para-hydroxylation sites is 1. The minimum Gasteiger partial charge on any atom is -0.440 e. The first kappa shape index (κ1) is 11.7. The quantitative estimate of drug-likeness (QED) is 0.773. The highest BCUT2D eigenvalue weighted by molar-refractivity contribution is 6.29. The van der Waals surface area contributed by atoms with Gasteiger partial charge in [0.05, 0.1) is 17.4 Å². The van der Waals surface area contributed by atoms with Crippen LogP contribution in [0.2, 0.25) is 5.22 Å². The maximum absolute atomic E-state index is 11.9. The van der Waals surface area contributed by atoms with Crippen molar-refractivity contribution >= 4 is 34.1 Å². The molecule has 0 atom stereocenters. The average Bonchev–Trinajstić information content (AvgIpc) is 2.85. The molecule has 1 aromatic carbocycles. The number of aromatic nitrogens is 1. The van der Waals surface area contributed by atoms with Crippen molar-refractivity contribution in [3.63, 3.8) is 0 Å². The Balaban J connectivity index is 1.87. The monoisotopic (exact) mass is 272 g/mol. The van der Waals surface area contributed by atoms with Crippen LogP contribution in [0.25, 0.3) is 10.9 Å². The van der Waals surface area contributed by atoms with Crippen LogP contribution in [0.15, 0.2) is 53.1 Å². The van der Waals surface area contributed by atoms with Gasteiger partial charge in [-0.1, -0.05) is 18.2 Å². The molecule has 1 N–H and O–H groups in total. The van der Waals surface area contributed by atoms with E-state index < -0.39 is 0 Å². The van der Waals surface area contributed by atoms with Crippen LogP contribution in [0, 0.1) is 0 Å². The van der Waals surface area contributed by atoms with Crippen LogP contribution in [0.1, 0.15) is 10.6 Å². The molecule has 2 heterocycles. The minimum atomic E-state index is -0.357. The van der Waals surface area contributed by atoms with Crippen LogP contribution in [0.5, 0.6) is 0 Å². The van der Waals surface area contributed by atoms with E-state index in [0.717, 1.165) is 10.9 Å². The van der Waals surface area contributed by atoms with Crippen molar-refractivity contribution < 1.29 is 9.21 Å². The number of anilines is 1.